The summed E-state index contributed by atoms with van der Waals surface area (Å²) in [4.78, 5) is 28.2. The van der Waals surface area contributed by atoms with Gasteiger partial charge in [0, 0.05) is 19.3 Å². The number of carbonyl (C=O) groups excluding carboxylic acids is 1. The Labute approximate surface area is 179 Å². The quantitative estimate of drug-likeness (QED) is 0.459. The third-order valence-corrected chi connectivity index (χ3v) is 5.42. The largest absolute Gasteiger partial charge is 0.446 e. The molecular formula is C23H23N5O3. The lowest BCUT2D eigenvalue weighted by Gasteiger charge is -2.24. The van der Waals surface area contributed by atoms with Gasteiger partial charge in [-0.25, -0.2) is 9.97 Å². The molecule has 0 N–H and O–H groups in total. The van der Waals surface area contributed by atoms with Gasteiger partial charge in [-0.05, 0) is 37.1 Å². The summed E-state index contributed by atoms with van der Waals surface area (Å²) < 4.78 is 13.3. The third-order valence-electron chi connectivity index (χ3n) is 5.42. The van der Waals surface area contributed by atoms with Gasteiger partial charge in [0.1, 0.15) is 12.8 Å². The molecule has 31 heavy (non-hydrogen) atoms. The van der Waals surface area contributed by atoms with Crippen LogP contribution in [0.1, 0.15) is 34.9 Å². The van der Waals surface area contributed by atoms with E-state index in [1.54, 1.807) is 17.4 Å². The molecule has 1 unspecified atom stereocenters. The predicted octanol–water partition coefficient (Wildman–Crippen LogP) is 3.29. The second-order valence-corrected chi connectivity index (χ2v) is 7.63. The first-order chi connectivity index (χ1) is 15.3. The van der Waals surface area contributed by atoms with Crippen molar-refractivity contribution in [1.29, 1.82) is 0 Å². The zero-order chi connectivity index (χ0) is 21.0. The highest BCUT2D eigenvalue weighted by Crippen LogP contribution is 2.18. The van der Waals surface area contributed by atoms with Crippen LogP contribution in [0.15, 0.2) is 65.7 Å². The fourth-order valence-electron chi connectivity index (χ4n) is 3.87. The van der Waals surface area contributed by atoms with Gasteiger partial charge in [0.05, 0.1) is 35.7 Å². The number of oxazole rings is 1. The van der Waals surface area contributed by atoms with Crippen LogP contribution in [-0.2, 0) is 17.8 Å². The molecule has 1 aliphatic heterocycles. The van der Waals surface area contributed by atoms with Crippen LogP contribution in [0, 0.1) is 0 Å². The number of para-hydroxylation sites is 2. The van der Waals surface area contributed by atoms with Crippen molar-refractivity contribution in [2.24, 2.45) is 0 Å². The smallest absolute Gasteiger partial charge is 0.276 e. The van der Waals surface area contributed by atoms with Crippen molar-refractivity contribution in [3.05, 3.63) is 78.5 Å². The van der Waals surface area contributed by atoms with Gasteiger partial charge in [-0.3, -0.25) is 9.78 Å². The number of hydrogen-bond acceptors (Lipinski definition) is 6. The predicted molar refractivity (Wildman–Crippen MR) is 113 cm³/mol. The number of fused-ring (bicyclic) bond motifs is 1. The Morgan fingerprint density at radius 2 is 2.06 bits per heavy atom. The van der Waals surface area contributed by atoms with E-state index in [-0.39, 0.29) is 17.7 Å². The summed E-state index contributed by atoms with van der Waals surface area (Å²) in [6.07, 6.45) is 6.91. The van der Waals surface area contributed by atoms with Crippen LogP contribution in [-0.4, -0.2) is 49.6 Å². The lowest BCUT2D eigenvalue weighted by atomic mass is 10.2. The van der Waals surface area contributed by atoms with Gasteiger partial charge in [-0.15, -0.1) is 0 Å². The number of aromatic nitrogens is 4. The highest BCUT2D eigenvalue weighted by Gasteiger charge is 2.26. The van der Waals surface area contributed by atoms with E-state index in [2.05, 4.69) is 15.0 Å². The van der Waals surface area contributed by atoms with Crippen molar-refractivity contribution in [1.82, 2.24) is 24.4 Å². The molecule has 1 aliphatic rings. The third kappa shape index (κ3) is 4.34. The summed E-state index contributed by atoms with van der Waals surface area (Å²) in [5.74, 6) is 0.271. The van der Waals surface area contributed by atoms with Gasteiger partial charge in [0.2, 0.25) is 5.89 Å². The molecule has 3 aromatic heterocycles. The Bertz CT molecular complexity index is 1160. The number of benzene rings is 1. The molecule has 1 aromatic carbocycles. The molecular weight excluding hydrogens is 394 g/mol. The average Bonchev–Trinajstić information content (AvgIpc) is 3.56. The maximum Gasteiger partial charge on any atom is 0.276 e. The molecule has 1 saturated heterocycles. The van der Waals surface area contributed by atoms with E-state index in [1.807, 2.05) is 47.0 Å². The first kappa shape index (κ1) is 19.4. The van der Waals surface area contributed by atoms with Gasteiger partial charge in [0.25, 0.3) is 5.91 Å². The molecule has 1 fully saturated rings. The second-order valence-electron chi connectivity index (χ2n) is 7.63. The Hall–Kier alpha value is -3.52. The van der Waals surface area contributed by atoms with E-state index < -0.39 is 0 Å². The van der Waals surface area contributed by atoms with Crippen LogP contribution in [0.25, 0.3) is 11.0 Å². The van der Waals surface area contributed by atoms with E-state index in [0.29, 0.717) is 25.5 Å². The summed E-state index contributed by atoms with van der Waals surface area (Å²) >= 11 is 0. The summed E-state index contributed by atoms with van der Waals surface area (Å²) in [5.41, 5.74) is 3.00. The summed E-state index contributed by atoms with van der Waals surface area (Å²) in [6, 6.07) is 13.6. The Morgan fingerprint density at radius 1 is 1.16 bits per heavy atom. The van der Waals surface area contributed by atoms with Gasteiger partial charge in [-0.2, -0.15) is 0 Å². The minimum absolute atomic E-state index is 0.0383. The van der Waals surface area contributed by atoms with Crippen LogP contribution in [0.5, 0.6) is 0 Å². The molecule has 0 saturated carbocycles. The molecule has 0 aliphatic carbocycles. The second kappa shape index (κ2) is 8.69. The van der Waals surface area contributed by atoms with Crippen molar-refractivity contribution < 1.29 is 13.9 Å². The number of pyridine rings is 1. The lowest BCUT2D eigenvalue weighted by molar-refractivity contribution is 0.0500. The number of rotatable bonds is 7. The zero-order valence-corrected chi connectivity index (χ0v) is 17.1. The van der Waals surface area contributed by atoms with Crippen molar-refractivity contribution in [3.8, 4) is 0 Å². The van der Waals surface area contributed by atoms with Crippen LogP contribution in [0.2, 0.25) is 0 Å². The average molecular weight is 417 g/mol. The van der Waals surface area contributed by atoms with Crippen molar-refractivity contribution >= 4 is 16.9 Å². The van der Waals surface area contributed by atoms with E-state index in [1.165, 1.54) is 6.26 Å². The fourth-order valence-corrected chi connectivity index (χ4v) is 3.87. The number of carbonyl (C=O) groups is 1. The molecule has 1 atom stereocenters. The number of imidazole rings is 1. The highest BCUT2D eigenvalue weighted by molar-refractivity contribution is 5.92. The van der Waals surface area contributed by atoms with Crippen LogP contribution in [0.4, 0.5) is 0 Å². The molecule has 0 radical (unpaired) electrons. The molecule has 1 amide bonds. The van der Waals surface area contributed by atoms with E-state index in [4.69, 9.17) is 9.15 Å². The number of amides is 1. The molecule has 0 bridgehead atoms. The van der Waals surface area contributed by atoms with Gasteiger partial charge < -0.3 is 18.6 Å². The standard InChI is InChI=1S/C23H23N5O3/c29-23(27(13-18-7-5-11-30-18)12-17-6-3-4-10-24-17)20-15-31-22(26-20)14-28-16-25-19-8-1-2-9-21(19)28/h1-4,6,8-10,15-16,18H,5,7,11-14H2. The number of ether oxygens (including phenoxy) is 1. The first-order valence-electron chi connectivity index (χ1n) is 10.4. The minimum atomic E-state index is -0.188. The number of nitrogens with zero attached hydrogens (tertiary/aromatic N) is 5. The van der Waals surface area contributed by atoms with Crippen LogP contribution < -0.4 is 0 Å². The van der Waals surface area contributed by atoms with Crippen molar-refractivity contribution in [2.75, 3.05) is 13.2 Å². The monoisotopic (exact) mass is 417 g/mol. The zero-order valence-electron chi connectivity index (χ0n) is 17.1. The van der Waals surface area contributed by atoms with E-state index >= 15 is 0 Å². The molecule has 8 heteroatoms. The minimum Gasteiger partial charge on any atom is -0.446 e. The molecule has 8 nitrogen and oxygen atoms in total. The SMILES string of the molecule is O=C(c1coc(Cn2cnc3ccccc32)n1)N(Cc1ccccn1)CC1CCCO1. The Morgan fingerprint density at radius 3 is 2.90 bits per heavy atom. The van der Waals surface area contributed by atoms with Gasteiger partial charge in [-0.1, -0.05) is 18.2 Å². The topological polar surface area (TPSA) is 86.3 Å². The fraction of sp³-hybridized carbons (Fsp3) is 0.304. The van der Waals surface area contributed by atoms with E-state index in [9.17, 15) is 4.79 Å². The number of hydrogen-bond donors (Lipinski definition) is 0. The Balaban J connectivity index is 1.34. The molecule has 4 heterocycles. The van der Waals surface area contributed by atoms with Gasteiger partial charge >= 0.3 is 0 Å². The summed E-state index contributed by atoms with van der Waals surface area (Å²) in [5, 5.41) is 0. The van der Waals surface area contributed by atoms with Gasteiger partial charge in [0.15, 0.2) is 5.69 Å². The van der Waals surface area contributed by atoms with Crippen LogP contribution >= 0.6 is 0 Å². The maximum atomic E-state index is 13.3. The van der Waals surface area contributed by atoms with Crippen LogP contribution in [0.3, 0.4) is 0 Å². The summed E-state index contributed by atoms with van der Waals surface area (Å²) in [7, 11) is 0. The first-order valence-corrected chi connectivity index (χ1v) is 10.4. The highest BCUT2D eigenvalue weighted by atomic mass is 16.5. The summed E-state index contributed by atoms with van der Waals surface area (Å²) in [6.45, 7) is 2.04. The molecule has 0 spiro atoms. The van der Waals surface area contributed by atoms with E-state index in [0.717, 1.165) is 36.2 Å². The van der Waals surface area contributed by atoms with Crippen molar-refractivity contribution in [3.63, 3.8) is 0 Å². The molecule has 4 aromatic rings. The Kier molecular flexibility index (Phi) is 5.45. The normalized spacial score (nSPS) is 16.1. The molecule has 158 valence electrons. The molecule has 5 rings (SSSR count). The van der Waals surface area contributed by atoms with Crippen molar-refractivity contribution in [2.45, 2.75) is 32.0 Å². The maximum absolute atomic E-state index is 13.3. The lowest BCUT2D eigenvalue weighted by Crippen LogP contribution is -2.37.